The topological polar surface area (TPSA) is 110 Å². The first-order chi connectivity index (χ1) is 18.3. The number of aromatic nitrogens is 3. The van der Waals surface area contributed by atoms with Crippen LogP contribution in [0.5, 0.6) is 0 Å². The van der Waals surface area contributed by atoms with Crippen LogP contribution in [0.15, 0.2) is 54.7 Å². The number of hydrogen-bond donors (Lipinski definition) is 2. The maximum atomic E-state index is 12.6. The third-order valence-electron chi connectivity index (χ3n) is 6.87. The highest BCUT2D eigenvalue weighted by Gasteiger charge is 2.43. The molecule has 3 aromatic rings. The Balaban J connectivity index is 1.64. The summed E-state index contributed by atoms with van der Waals surface area (Å²) >= 11 is 0. The average molecular weight is 534 g/mol. The van der Waals surface area contributed by atoms with E-state index in [1.54, 1.807) is 11.1 Å². The van der Waals surface area contributed by atoms with Gasteiger partial charge in [0, 0.05) is 31.3 Å². The number of carbonyl (C=O) groups is 2. The molecule has 1 aromatic carbocycles. The molecular weight excluding hydrogens is 494 g/mol. The lowest BCUT2D eigenvalue weighted by atomic mass is 9.74. The molecule has 1 fully saturated rings. The Kier molecular flexibility index (Phi) is 7.73. The summed E-state index contributed by atoms with van der Waals surface area (Å²) in [7, 11) is 0. The van der Waals surface area contributed by atoms with Crippen molar-refractivity contribution in [1.82, 2.24) is 19.7 Å². The lowest BCUT2D eigenvalue weighted by Crippen LogP contribution is -2.48. The average Bonchev–Trinajstić information content (AvgIpc) is 3.32. The molecule has 0 aliphatic carbocycles. The van der Waals surface area contributed by atoms with Crippen molar-refractivity contribution in [3.8, 4) is 11.1 Å². The molecule has 1 amide bonds. The van der Waals surface area contributed by atoms with E-state index in [1.807, 2.05) is 74.0 Å². The summed E-state index contributed by atoms with van der Waals surface area (Å²) in [6, 6.07) is 15.8. The van der Waals surface area contributed by atoms with Crippen LogP contribution in [-0.2, 0) is 21.5 Å². The molecule has 0 atom stereocenters. The molecule has 0 radical (unpaired) electrons. The van der Waals surface area contributed by atoms with E-state index in [2.05, 4.69) is 31.2 Å². The number of nitrogens with one attached hydrogen (secondary N) is 1. The fraction of sp³-hybridized carbons (Fsp3) is 0.467. The molecule has 1 aliphatic heterocycles. The summed E-state index contributed by atoms with van der Waals surface area (Å²) in [5.74, 6) is 0.535. The number of likely N-dealkylation sites (tertiary alicyclic amines) is 1. The van der Waals surface area contributed by atoms with Crippen LogP contribution in [0.1, 0.15) is 60.1 Å². The Morgan fingerprint density at radius 2 is 1.67 bits per heavy atom. The van der Waals surface area contributed by atoms with E-state index < -0.39 is 23.1 Å². The molecule has 9 heteroatoms. The van der Waals surface area contributed by atoms with Crippen LogP contribution in [-0.4, -0.2) is 55.5 Å². The molecule has 2 aromatic heterocycles. The maximum Gasteiger partial charge on any atom is 0.410 e. The molecule has 0 spiro atoms. The van der Waals surface area contributed by atoms with E-state index in [9.17, 15) is 14.7 Å². The van der Waals surface area contributed by atoms with Crippen LogP contribution < -0.4 is 5.32 Å². The van der Waals surface area contributed by atoms with Crippen molar-refractivity contribution < 1.29 is 19.4 Å². The number of ether oxygens (including phenoxy) is 1. The number of carbonyl (C=O) groups excluding carboxylic acids is 1. The van der Waals surface area contributed by atoms with Gasteiger partial charge in [0.05, 0.1) is 17.2 Å². The number of hydrogen-bond acceptors (Lipinski definition) is 6. The summed E-state index contributed by atoms with van der Waals surface area (Å²) in [5.41, 5.74) is 0.751. The number of benzene rings is 1. The molecule has 0 bridgehead atoms. The third kappa shape index (κ3) is 6.77. The number of aliphatic carboxylic acids is 1. The molecule has 2 N–H and O–H groups in total. The maximum absolute atomic E-state index is 12.6. The number of rotatable bonds is 6. The fourth-order valence-corrected chi connectivity index (χ4v) is 4.86. The number of anilines is 2. The van der Waals surface area contributed by atoms with Gasteiger partial charge in [0.15, 0.2) is 0 Å². The molecule has 0 unspecified atom stereocenters. The van der Waals surface area contributed by atoms with E-state index in [0.717, 1.165) is 16.9 Å². The zero-order valence-corrected chi connectivity index (χ0v) is 23.7. The van der Waals surface area contributed by atoms with Gasteiger partial charge in [-0.25, -0.2) is 14.5 Å². The largest absolute Gasteiger partial charge is 0.481 e. The Bertz CT molecular complexity index is 1310. The highest BCUT2D eigenvalue weighted by Crippen LogP contribution is 2.37. The second-order valence-electron chi connectivity index (χ2n) is 12.3. The first-order valence-electron chi connectivity index (χ1n) is 13.4. The van der Waals surface area contributed by atoms with Crippen LogP contribution in [0.4, 0.5) is 16.4 Å². The molecule has 39 heavy (non-hydrogen) atoms. The van der Waals surface area contributed by atoms with Crippen molar-refractivity contribution >= 4 is 23.7 Å². The Morgan fingerprint density at radius 1 is 1.00 bits per heavy atom. The van der Waals surface area contributed by atoms with Gasteiger partial charge in [0.1, 0.15) is 17.2 Å². The SMILES string of the molecule is CC(C)(C)OC(=O)N1CCC(Cc2cc(-c3ccccc3)cc(Nc3ccnn3C(C)(C)C)n2)(C(=O)O)CC1. The zero-order chi connectivity index (χ0) is 28.4. The van der Waals surface area contributed by atoms with Crippen LogP contribution in [0.2, 0.25) is 0 Å². The number of amides is 1. The number of nitrogens with zero attached hydrogens (tertiary/aromatic N) is 4. The van der Waals surface area contributed by atoms with E-state index in [0.29, 0.717) is 37.4 Å². The Hall–Kier alpha value is -3.88. The zero-order valence-electron chi connectivity index (χ0n) is 23.7. The summed E-state index contributed by atoms with van der Waals surface area (Å²) in [5, 5.41) is 18.2. The molecule has 1 saturated heterocycles. The monoisotopic (exact) mass is 533 g/mol. The van der Waals surface area contributed by atoms with Gasteiger partial charge in [-0.15, -0.1) is 0 Å². The lowest BCUT2D eigenvalue weighted by molar-refractivity contribution is -0.152. The van der Waals surface area contributed by atoms with Crippen molar-refractivity contribution in [2.24, 2.45) is 5.41 Å². The van der Waals surface area contributed by atoms with Crippen LogP contribution in [0.3, 0.4) is 0 Å². The van der Waals surface area contributed by atoms with Gasteiger partial charge < -0.3 is 20.1 Å². The van der Waals surface area contributed by atoms with Gasteiger partial charge in [0.25, 0.3) is 0 Å². The molecular formula is C30H39N5O4. The Labute approximate surface area is 230 Å². The van der Waals surface area contributed by atoms with Crippen LogP contribution in [0, 0.1) is 5.41 Å². The van der Waals surface area contributed by atoms with Gasteiger partial charge in [-0.2, -0.15) is 5.10 Å². The lowest BCUT2D eigenvalue weighted by Gasteiger charge is -2.39. The van der Waals surface area contributed by atoms with E-state index >= 15 is 0 Å². The normalized spacial score (nSPS) is 15.6. The van der Waals surface area contributed by atoms with Crippen molar-refractivity contribution in [2.45, 2.75) is 71.9 Å². The van der Waals surface area contributed by atoms with Crippen molar-refractivity contribution in [1.29, 1.82) is 0 Å². The van der Waals surface area contributed by atoms with Gasteiger partial charge in [-0.3, -0.25) is 4.79 Å². The minimum Gasteiger partial charge on any atom is -0.481 e. The van der Waals surface area contributed by atoms with Gasteiger partial charge >= 0.3 is 12.1 Å². The van der Waals surface area contributed by atoms with Gasteiger partial charge in [-0.1, -0.05) is 30.3 Å². The molecule has 9 nitrogen and oxygen atoms in total. The van der Waals surface area contributed by atoms with E-state index in [-0.39, 0.29) is 12.0 Å². The summed E-state index contributed by atoms with van der Waals surface area (Å²) in [4.78, 5) is 31.7. The first kappa shape index (κ1) is 28.1. The fourth-order valence-electron chi connectivity index (χ4n) is 4.86. The van der Waals surface area contributed by atoms with E-state index in [1.165, 1.54) is 0 Å². The number of pyridine rings is 1. The molecule has 1 aliphatic rings. The smallest absolute Gasteiger partial charge is 0.410 e. The van der Waals surface area contributed by atoms with Crippen molar-refractivity contribution in [3.63, 3.8) is 0 Å². The molecule has 3 heterocycles. The van der Waals surface area contributed by atoms with E-state index in [4.69, 9.17) is 9.72 Å². The molecule has 0 saturated carbocycles. The highest BCUT2D eigenvalue weighted by molar-refractivity contribution is 5.77. The number of carboxylic acid groups (broad SMARTS) is 1. The predicted octanol–water partition coefficient (Wildman–Crippen LogP) is 6.09. The highest BCUT2D eigenvalue weighted by atomic mass is 16.6. The standard InChI is InChI=1S/C30H39N5O4/c1-28(2,3)35-25(12-15-31-35)33-24-19-22(21-10-8-7-9-11-21)18-23(32-24)20-30(26(36)37)13-16-34(17-14-30)27(38)39-29(4,5)6/h7-12,15,18-19H,13-14,16-17,20H2,1-6H3,(H,32,33)(H,36,37). The first-order valence-corrected chi connectivity index (χ1v) is 13.4. The van der Waals surface area contributed by atoms with Gasteiger partial charge in [-0.05, 0) is 77.6 Å². The number of carboxylic acids is 1. The summed E-state index contributed by atoms with van der Waals surface area (Å²) < 4.78 is 7.40. The van der Waals surface area contributed by atoms with Gasteiger partial charge in [0.2, 0.25) is 0 Å². The second-order valence-corrected chi connectivity index (χ2v) is 12.3. The second kappa shape index (κ2) is 10.7. The number of piperidine rings is 1. The summed E-state index contributed by atoms with van der Waals surface area (Å²) in [6.45, 7) is 12.3. The van der Waals surface area contributed by atoms with Crippen LogP contribution >= 0.6 is 0 Å². The van der Waals surface area contributed by atoms with Crippen LogP contribution in [0.25, 0.3) is 11.1 Å². The molecule has 4 rings (SSSR count). The minimum absolute atomic E-state index is 0.235. The quantitative estimate of drug-likeness (QED) is 0.395. The molecule has 208 valence electrons. The Morgan fingerprint density at radius 3 is 2.26 bits per heavy atom. The van der Waals surface area contributed by atoms with Crippen molar-refractivity contribution in [2.75, 3.05) is 18.4 Å². The van der Waals surface area contributed by atoms with Crippen molar-refractivity contribution in [3.05, 3.63) is 60.4 Å². The third-order valence-corrected chi connectivity index (χ3v) is 6.87. The minimum atomic E-state index is -1.04. The predicted molar refractivity (Wildman–Crippen MR) is 151 cm³/mol. The summed E-state index contributed by atoms with van der Waals surface area (Å²) in [6.07, 6.45) is 2.22.